The second-order valence-electron chi connectivity index (χ2n) is 8.29. The van der Waals surface area contributed by atoms with Crippen LogP contribution in [0.3, 0.4) is 0 Å². The molecule has 0 saturated heterocycles. The summed E-state index contributed by atoms with van der Waals surface area (Å²) in [6.45, 7) is 5.43. The van der Waals surface area contributed by atoms with Crippen molar-refractivity contribution < 1.29 is 14.3 Å². The zero-order chi connectivity index (χ0) is 22.5. The van der Waals surface area contributed by atoms with Crippen LogP contribution in [0, 0.1) is 0 Å². The van der Waals surface area contributed by atoms with Crippen LogP contribution in [0.1, 0.15) is 46.8 Å². The molecule has 162 valence electrons. The number of methoxy groups -OCH3 is 1. The SMILES string of the molecule is COC(=O)c1cc(-c2cccc(COCc3ccccc3)c2)c2ccc(C(C)C)ccc1-2. The third kappa shape index (κ3) is 4.74. The predicted molar refractivity (Wildman–Crippen MR) is 129 cm³/mol. The molecule has 0 spiro atoms. The van der Waals surface area contributed by atoms with E-state index in [2.05, 4.69) is 62.4 Å². The van der Waals surface area contributed by atoms with Crippen molar-refractivity contribution in [2.24, 2.45) is 0 Å². The van der Waals surface area contributed by atoms with Crippen molar-refractivity contribution >= 4 is 5.97 Å². The standard InChI is InChI=1S/C29H28O3/c1-20(2)23-12-14-25-26(15-13-23)28(29(30)31-3)17-27(25)24-11-7-10-22(16-24)19-32-18-21-8-5-4-6-9-21/h4-17,20H,18-19H2,1-3H3. The highest BCUT2D eigenvalue weighted by atomic mass is 16.5. The summed E-state index contributed by atoms with van der Waals surface area (Å²) in [6, 6.07) is 28.8. The fourth-order valence-electron chi connectivity index (χ4n) is 3.96. The number of carbonyl (C=O) groups is 1. The van der Waals surface area contributed by atoms with E-state index in [9.17, 15) is 4.79 Å². The van der Waals surface area contributed by atoms with Crippen molar-refractivity contribution in [3.63, 3.8) is 0 Å². The summed E-state index contributed by atoms with van der Waals surface area (Å²) in [5.74, 6) is 0.0857. The van der Waals surface area contributed by atoms with Crippen LogP contribution >= 0.6 is 0 Å². The Bertz CT molecular complexity index is 1180. The molecule has 0 heterocycles. The topological polar surface area (TPSA) is 35.5 Å². The van der Waals surface area contributed by atoms with Gasteiger partial charge in [0.2, 0.25) is 0 Å². The lowest BCUT2D eigenvalue weighted by Crippen LogP contribution is -1.99. The van der Waals surface area contributed by atoms with Crippen LogP contribution in [-0.4, -0.2) is 13.1 Å². The molecule has 2 aliphatic carbocycles. The van der Waals surface area contributed by atoms with Crippen LogP contribution in [0.25, 0.3) is 22.3 Å². The summed E-state index contributed by atoms with van der Waals surface area (Å²) in [6.07, 6.45) is 0. The number of fused-ring (bicyclic) bond motifs is 1. The lowest BCUT2D eigenvalue weighted by Gasteiger charge is -2.08. The molecule has 0 aromatic heterocycles. The number of esters is 1. The number of hydrogen-bond acceptors (Lipinski definition) is 3. The van der Waals surface area contributed by atoms with E-state index < -0.39 is 0 Å². The molecule has 2 aromatic rings. The van der Waals surface area contributed by atoms with E-state index in [4.69, 9.17) is 9.47 Å². The Balaban J connectivity index is 1.66. The van der Waals surface area contributed by atoms with E-state index in [0.717, 1.165) is 33.4 Å². The van der Waals surface area contributed by atoms with Gasteiger partial charge in [-0.2, -0.15) is 0 Å². The first-order valence-electron chi connectivity index (χ1n) is 10.9. The monoisotopic (exact) mass is 424 g/mol. The van der Waals surface area contributed by atoms with E-state index in [1.807, 2.05) is 36.4 Å². The van der Waals surface area contributed by atoms with E-state index in [1.54, 1.807) is 0 Å². The van der Waals surface area contributed by atoms with Gasteiger partial charge in [-0.1, -0.05) is 86.6 Å². The van der Waals surface area contributed by atoms with Crippen LogP contribution in [0.4, 0.5) is 0 Å². The zero-order valence-corrected chi connectivity index (χ0v) is 18.8. The lowest BCUT2D eigenvalue weighted by molar-refractivity contribution is 0.0602. The Morgan fingerprint density at radius 3 is 2.16 bits per heavy atom. The molecule has 0 radical (unpaired) electrons. The Kier molecular flexibility index (Phi) is 6.67. The summed E-state index contributed by atoms with van der Waals surface area (Å²) in [4.78, 5) is 12.5. The van der Waals surface area contributed by atoms with Gasteiger partial charge in [-0.15, -0.1) is 0 Å². The summed E-state index contributed by atoms with van der Waals surface area (Å²) >= 11 is 0. The maximum absolute atomic E-state index is 12.5. The van der Waals surface area contributed by atoms with Crippen LogP contribution in [0.15, 0.2) is 84.9 Å². The summed E-state index contributed by atoms with van der Waals surface area (Å²) in [7, 11) is 1.42. The third-order valence-electron chi connectivity index (χ3n) is 5.73. The van der Waals surface area contributed by atoms with Crippen LogP contribution in [0.5, 0.6) is 0 Å². The fourth-order valence-corrected chi connectivity index (χ4v) is 3.96. The van der Waals surface area contributed by atoms with Gasteiger partial charge in [-0.3, -0.25) is 0 Å². The van der Waals surface area contributed by atoms with Crippen molar-refractivity contribution in [3.8, 4) is 22.3 Å². The number of ether oxygens (including phenoxy) is 2. The molecular weight excluding hydrogens is 396 g/mol. The Hall–Kier alpha value is -3.43. The van der Waals surface area contributed by atoms with Crippen molar-refractivity contribution in [2.45, 2.75) is 33.0 Å². The highest BCUT2D eigenvalue weighted by Crippen LogP contribution is 2.39. The summed E-state index contributed by atoms with van der Waals surface area (Å²) in [5.41, 5.74) is 8.10. The minimum Gasteiger partial charge on any atom is -0.465 e. The molecule has 2 aliphatic rings. The normalized spacial score (nSPS) is 11.1. The van der Waals surface area contributed by atoms with Gasteiger partial charge in [-0.05, 0) is 57.0 Å². The molecule has 2 aromatic carbocycles. The number of hydrogen-bond donors (Lipinski definition) is 0. The zero-order valence-electron chi connectivity index (χ0n) is 18.8. The maximum Gasteiger partial charge on any atom is 0.338 e. The molecule has 0 atom stereocenters. The first-order chi connectivity index (χ1) is 15.6. The van der Waals surface area contributed by atoms with Gasteiger partial charge in [0.25, 0.3) is 0 Å². The molecule has 0 N–H and O–H groups in total. The molecule has 0 amide bonds. The fraction of sp³-hybridized carbons (Fsp3) is 0.207. The Morgan fingerprint density at radius 2 is 1.44 bits per heavy atom. The number of carbonyl (C=O) groups excluding carboxylic acids is 1. The largest absolute Gasteiger partial charge is 0.465 e. The van der Waals surface area contributed by atoms with E-state index >= 15 is 0 Å². The number of benzene rings is 2. The molecule has 0 bridgehead atoms. The molecule has 0 aliphatic heterocycles. The van der Waals surface area contributed by atoms with Gasteiger partial charge >= 0.3 is 5.97 Å². The minimum absolute atomic E-state index is 0.319. The second kappa shape index (κ2) is 9.80. The van der Waals surface area contributed by atoms with Gasteiger partial charge in [-0.25, -0.2) is 4.79 Å². The van der Waals surface area contributed by atoms with E-state index in [-0.39, 0.29) is 5.97 Å². The molecule has 4 rings (SSSR count). The molecule has 0 unspecified atom stereocenters. The summed E-state index contributed by atoms with van der Waals surface area (Å²) in [5, 5.41) is 0. The van der Waals surface area contributed by atoms with E-state index in [1.165, 1.54) is 12.7 Å². The van der Waals surface area contributed by atoms with Gasteiger partial charge in [0, 0.05) is 0 Å². The van der Waals surface area contributed by atoms with Gasteiger partial charge in [0.1, 0.15) is 0 Å². The minimum atomic E-state index is -0.319. The predicted octanol–water partition coefficient (Wildman–Crippen LogP) is 7.09. The second-order valence-corrected chi connectivity index (χ2v) is 8.29. The maximum atomic E-state index is 12.5. The third-order valence-corrected chi connectivity index (χ3v) is 5.73. The summed E-state index contributed by atoms with van der Waals surface area (Å²) < 4.78 is 11.0. The quantitative estimate of drug-likeness (QED) is 0.297. The molecule has 32 heavy (non-hydrogen) atoms. The average molecular weight is 425 g/mol. The first-order valence-corrected chi connectivity index (χ1v) is 10.9. The van der Waals surface area contributed by atoms with Crippen LogP contribution < -0.4 is 0 Å². The smallest absolute Gasteiger partial charge is 0.338 e. The molecular formula is C29H28O3. The Labute approximate surface area is 190 Å². The Morgan fingerprint density at radius 1 is 0.750 bits per heavy atom. The van der Waals surface area contributed by atoms with Crippen molar-refractivity contribution in [1.29, 1.82) is 0 Å². The van der Waals surface area contributed by atoms with Gasteiger partial charge in [0.15, 0.2) is 0 Å². The van der Waals surface area contributed by atoms with Crippen LogP contribution in [-0.2, 0) is 22.7 Å². The van der Waals surface area contributed by atoms with E-state index in [0.29, 0.717) is 24.7 Å². The van der Waals surface area contributed by atoms with Crippen LogP contribution in [0.2, 0.25) is 0 Å². The highest BCUT2D eigenvalue weighted by molar-refractivity contribution is 6.04. The first kappa shape index (κ1) is 21.8. The molecule has 0 saturated carbocycles. The highest BCUT2D eigenvalue weighted by Gasteiger charge is 2.21. The average Bonchev–Trinajstić information content (AvgIpc) is 3.03. The van der Waals surface area contributed by atoms with Gasteiger partial charge in [0.05, 0.1) is 25.9 Å². The lowest BCUT2D eigenvalue weighted by atomic mass is 10.0. The van der Waals surface area contributed by atoms with Crippen molar-refractivity contribution in [1.82, 2.24) is 0 Å². The molecule has 3 heteroatoms. The van der Waals surface area contributed by atoms with Gasteiger partial charge < -0.3 is 9.47 Å². The van der Waals surface area contributed by atoms with Crippen molar-refractivity contribution in [3.05, 3.63) is 107 Å². The number of rotatable bonds is 7. The molecule has 3 nitrogen and oxygen atoms in total. The molecule has 0 fully saturated rings. The van der Waals surface area contributed by atoms with Crippen molar-refractivity contribution in [2.75, 3.05) is 7.11 Å².